The Morgan fingerprint density at radius 1 is 0.969 bits per heavy atom. The molecule has 0 saturated carbocycles. The second kappa shape index (κ2) is 9.86. The number of fused-ring (bicyclic) bond motifs is 2. The summed E-state index contributed by atoms with van der Waals surface area (Å²) < 4.78 is 5.36. The van der Waals surface area contributed by atoms with E-state index in [-0.39, 0.29) is 0 Å². The summed E-state index contributed by atoms with van der Waals surface area (Å²) in [6.45, 7) is 11.0. The Bertz CT molecular complexity index is 1070. The Labute approximate surface area is 192 Å². The van der Waals surface area contributed by atoms with Crippen molar-refractivity contribution in [2.45, 2.75) is 52.5 Å². The van der Waals surface area contributed by atoms with E-state index in [2.05, 4.69) is 84.0 Å². The van der Waals surface area contributed by atoms with E-state index >= 15 is 0 Å². The van der Waals surface area contributed by atoms with Crippen LogP contribution in [0.2, 0.25) is 0 Å². The number of hydrogen-bond donors (Lipinski definition) is 0. The zero-order chi connectivity index (χ0) is 22.7. The van der Waals surface area contributed by atoms with Crippen molar-refractivity contribution in [1.82, 2.24) is 14.9 Å². The van der Waals surface area contributed by atoms with Crippen molar-refractivity contribution in [2.75, 3.05) is 38.7 Å². The molecular weight excluding hydrogens is 396 g/mol. The van der Waals surface area contributed by atoms with Gasteiger partial charge in [-0.15, -0.1) is 0 Å². The molecule has 0 N–H and O–H groups in total. The number of methoxy groups -OCH3 is 1. The van der Waals surface area contributed by atoms with Crippen LogP contribution in [0.3, 0.4) is 0 Å². The molecule has 0 atom stereocenters. The summed E-state index contributed by atoms with van der Waals surface area (Å²) in [4.78, 5) is 14.1. The Hall–Kier alpha value is -2.66. The van der Waals surface area contributed by atoms with Gasteiger partial charge >= 0.3 is 6.01 Å². The smallest absolute Gasteiger partial charge is 0.316 e. The number of rotatable bonds is 3. The van der Waals surface area contributed by atoms with Gasteiger partial charge in [-0.3, -0.25) is 0 Å². The lowest BCUT2D eigenvalue weighted by Crippen LogP contribution is -2.32. The highest BCUT2D eigenvalue weighted by Crippen LogP contribution is 2.34. The molecule has 1 fully saturated rings. The minimum absolute atomic E-state index is 0.368. The first kappa shape index (κ1) is 22.5. The third-order valence-corrected chi connectivity index (χ3v) is 6.57. The second-order valence-corrected chi connectivity index (χ2v) is 9.31. The van der Waals surface area contributed by atoms with Gasteiger partial charge in [-0.25, -0.2) is 0 Å². The molecule has 0 bridgehead atoms. The van der Waals surface area contributed by atoms with E-state index in [1.165, 1.54) is 53.5 Å². The number of likely N-dealkylation sites (tertiary alicyclic amines) is 1. The van der Waals surface area contributed by atoms with E-state index in [1.807, 2.05) is 0 Å². The summed E-state index contributed by atoms with van der Waals surface area (Å²) in [6, 6.07) is 13.5. The van der Waals surface area contributed by atoms with Crippen LogP contribution in [0.25, 0.3) is 10.8 Å². The molecule has 2 aliphatic heterocycles. The summed E-state index contributed by atoms with van der Waals surface area (Å²) in [6.07, 6.45) is 3.79. The number of aryl methyl sites for hydroxylation is 1. The van der Waals surface area contributed by atoms with E-state index in [4.69, 9.17) is 4.74 Å². The van der Waals surface area contributed by atoms with Crippen LogP contribution in [-0.4, -0.2) is 48.7 Å². The average Bonchev–Trinajstić information content (AvgIpc) is 3.29. The van der Waals surface area contributed by atoms with Crippen LogP contribution in [0.4, 0.5) is 5.69 Å². The van der Waals surface area contributed by atoms with Crippen LogP contribution in [0.15, 0.2) is 36.4 Å². The number of hydrogen-bond acceptors (Lipinski definition) is 5. The Morgan fingerprint density at radius 2 is 1.69 bits per heavy atom. The largest absolute Gasteiger partial charge is 0.467 e. The highest BCUT2D eigenvalue weighted by atomic mass is 16.5. The molecule has 3 aromatic rings. The number of ether oxygens (including phenoxy) is 1. The molecule has 0 aliphatic carbocycles. The molecule has 0 radical (unpaired) electrons. The molecule has 32 heavy (non-hydrogen) atoms. The number of benzene rings is 2. The molecule has 0 spiro atoms. The van der Waals surface area contributed by atoms with Crippen LogP contribution in [-0.2, 0) is 13.0 Å². The van der Waals surface area contributed by atoms with Gasteiger partial charge in [-0.2, -0.15) is 9.97 Å². The lowest BCUT2D eigenvalue weighted by Gasteiger charge is -2.32. The first-order chi connectivity index (χ1) is 15.5. The molecule has 170 valence electrons. The van der Waals surface area contributed by atoms with Gasteiger partial charge in [-0.1, -0.05) is 44.2 Å². The summed E-state index contributed by atoms with van der Waals surface area (Å²) in [5.74, 6) is 0.368. The van der Waals surface area contributed by atoms with Crippen molar-refractivity contribution in [2.24, 2.45) is 0 Å². The minimum Gasteiger partial charge on any atom is -0.467 e. The van der Waals surface area contributed by atoms with Gasteiger partial charge in [0.25, 0.3) is 0 Å². The van der Waals surface area contributed by atoms with Crippen molar-refractivity contribution in [1.29, 1.82) is 0 Å². The van der Waals surface area contributed by atoms with Gasteiger partial charge in [0, 0.05) is 17.6 Å². The van der Waals surface area contributed by atoms with Crippen molar-refractivity contribution in [3.8, 4) is 6.01 Å². The van der Waals surface area contributed by atoms with Crippen LogP contribution < -0.4 is 9.64 Å². The predicted octanol–water partition coefficient (Wildman–Crippen LogP) is 5.34. The Kier molecular flexibility index (Phi) is 6.95. The third kappa shape index (κ3) is 4.73. The number of anilines is 1. The fraction of sp³-hybridized carbons (Fsp3) is 0.481. The minimum atomic E-state index is 0.368. The molecule has 5 rings (SSSR count). The summed E-state index contributed by atoms with van der Waals surface area (Å²) in [7, 11) is 3.81. The van der Waals surface area contributed by atoms with E-state index in [1.54, 1.807) is 7.11 Å². The third-order valence-electron chi connectivity index (χ3n) is 6.57. The topological polar surface area (TPSA) is 41.5 Å². The highest BCUT2D eigenvalue weighted by molar-refractivity contribution is 5.96. The van der Waals surface area contributed by atoms with Crippen molar-refractivity contribution in [3.05, 3.63) is 58.9 Å². The van der Waals surface area contributed by atoms with E-state index < -0.39 is 0 Å². The normalized spacial score (nSPS) is 16.1. The molecule has 2 aliphatic rings. The van der Waals surface area contributed by atoms with Crippen LogP contribution in [0, 0.1) is 6.92 Å². The van der Waals surface area contributed by atoms with Crippen LogP contribution in [0.1, 0.15) is 55.1 Å². The summed E-state index contributed by atoms with van der Waals surface area (Å²) >= 11 is 0. The average molecular weight is 433 g/mol. The molecule has 0 amide bonds. The number of nitrogens with zero attached hydrogens (tertiary/aromatic N) is 4. The van der Waals surface area contributed by atoms with Crippen molar-refractivity contribution >= 4 is 16.5 Å². The zero-order valence-electron chi connectivity index (χ0n) is 20.2. The van der Waals surface area contributed by atoms with Gasteiger partial charge in [0.15, 0.2) is 0 Å². The van der Waals surface area contributed by atoms with Gasteiger partial charge in [0.05, 0.1) is 25.0 Å². The van der Waals surface area contributed by atoms with Crippen LogP contribution >= 0.6 is 0 Å². The monoisotopic (exact) mass is 432 g/mol. The van der Waals surface area contributed by atoms with Gasteiger partial charge in [0.1, 0.15) is 0 Å². The first-order valence-electron chi connectivity index (χ1n) is 11.8. The lowest BCUT2D eigenvalue weighted by molar-refractivity contribution is 0.373. The lowest BCUT2D eigenvalue weighted by atomic mass is 9.95. The molecule has 3 heterocycles. The SMILES string of the molecule is CN1CCCC1.COc1nc2c(c(C(C)C)n1)CCN(c1cccc3cccc(C)c13)C2. The van der Waals surface area contributed by atoms with Gasteiger partial charge < -0.3 is 14.5 Å². The maximum absolute atomic E-state index is 5.36. The van der Waals surface area contributed by atoms with E-state index in [9.17, 15) is 0 Å². The summed E-state index contributed by atoms with van der Waals surface area (Å²) in [5, 5.41) is 2.62. The molecule has 5 heteroatoms. The maximum Gasteiger partial charge on any atom is 0.316 e. The molecule has 1 aromatic heterocycles. The fourth-order valence-corrected chi connectivity index (χ4v) is 4.85. The Morgan fingerprint density at radius 3 is 2.31 bits per heavy atom. The van der Waals surface area contributed by atoms with Gasteiger partial charge in [-0.05, 0) is 74.8 Å². The van der Waals surface area contributed by atoms with Crippen molar-refractivity contribution in [3.63, 3.8) is 0 Å². The molecule has 5 nitrogen and oxygen atoms in total. The molecule has 1 saturated heterocycles. The van der Waals surface area contributed by atoms with Crippen LogP contribution in [0.5, 0.6) is 6.01 Å². The second-order valence-electron chi connectivity index (χ2n) is 9.31. The number of aromatic nitrogens is 2. The van der Waals surface area contributed by atoms with E-state index in [0.29, 0.717) is 11.9 Å². The quantitative estimate of drug-likeness (QED) is 0.558. The zero-order valence-corrected chi connectivity index (χ0v) is 20.2. The van der Waals surface area contributed by atoms with E-state index in [0.717, 1.165) is 30.9 Å². The molecule has 0 unspecified atom stereocenters. The Balaban J connectivity index is 0.000000354. The van der Waals surface area contributed by atoms with Crippen molar-refractivity contribution < 1.29 is 4.74 Å². The molecular formula is C27H36N4O. The van der Waals surface area contributed by atoms with Gasteiger partial charge in [0.2, 0.25) is 0 Å². The highest BCUT2D eigenvalue weighted by Gasteiger charge is 2.25. The fourth-order valence-electron chi connectivity index (χ4n) is 4.85. The first-order valence-corrected chi connectivity index (χ1v) is 11.8. The summed E-state index contributed by atoms with van der Waals surface area (Å²) in [5.41, 5.74) is 6.12. The standard InChI is InChI=1S/C22H25N3O.C5H11N/c1-14(2)21-17-11-12-25(13-18(17)23-22(24-21)26-4)19-10-6-9-16-8-5-7-15(3)20(16)19;1-6-4-2-3-5-6/h5-10,14H,11-13H2,1-4H3;2-5H2,1H3. The maximum atomic E-state index is 5.36. The molecule has 2 aromatic carbocycles. The predicted molar refractivity (Wildman–Crippen MR) is 133 cm³/mol.